The second-order valence-corrected chi connectivity index (χ2v) is 8.97. The van der Waals surface area contributed by atoms with Crippen LogP contribution in [-0.4, -0.2) is 26.4 Å². The van der Waals surface area contributed by atoms with E-state index in [1.54, 1.807) is 11.3 Å². The van der Waals surface area contributed by atoms with Crippen LogP contribution in [-0.2, 0) is 11.3 Å². The second-order valence-electron chi connectivity index (χ2n) is 6.99. The second kappa shape index (κ2) is 9.39. The highest BCUT2D eigenvalue weighted by Crippen LogP contribution is 2.34. The average Bonchev–Trinajstić information content (AvgIpc) is 3.42. The Morgan fingerprint density at radius 3 is 2.68 bits per heavy atom. The van der Waals surface area contributed by atoms with Crippen molar-refractivity contribution in [2.75, 3.05) is 5.75 Å². The molecule has 0 aliphatic heterocycles. The zero-order chi connectivity index (χ0) is 19.2. The lowest BCUT2D eigenvalue weighted by atomic mass is 9.88. The highest BCUT2D eigenvalue weighted by atomic mass is 32.2. The van der Waals surface area contributed by atoms with Crippen LogP contribution in [0.3, 0.4) is 0 Å². The maximum atomic E-state index is 12.3. The molecule has 2 aromatic heterocycles. The molecule has 1 aliphatic carbocycles. The van der Waals surface area contributed by atoms with Crippen molar-refractivity contribution in [1.29, 1.82) is 0 Å². The standard InChI is InChI=1S/C21H24N4OS2/c26-19(22-14-18-12-7-13-27-18)15-28-21-24-23-20(16-8-3-1-4-9-16)25(21)17-10-5-2-6-11-17/h2,5-7,10-13,16H,1,3-4,8-9,14-15H2,(H,22,26). The van der Waals surface area contributed by atoms with Gasteiger partial charge in [0.1, 0.15) is 5.82 Å². The molecule has 1 fully saturated rings. The van der Waals surface area contributed by atoms with E-state index in [0.717, 1.165) is 34.4 Å². The molecule has 3 aromatic rings. The highest BCUT2D eigenvalue weighted by molar-refractivity contribution is 7.99. The van der Waals surface area contributed by atoms with Gasteiger partial charge in [-0.05, 0) is 36.4 Å². The van der Waals surface area contributed by atoms with E-state index in [2.05, 4.69) is 32.2 Å². The molecule has 1 amide bonds. The van der Waals surface area contributed by atoms with Gasteiger partial charge in [0, 0.05) is 16.5 Å². The maximum Gasteiger partial charge on any atom is 0.230 e. The number of hydrogen-bond donors (Lipinski definition) is 1. The summed E-state index contributed by atoms with van der Waals surface area (Å²) in [7, 11) is 0. The Hall–Kier alpha value is -2.12. The van der Waals surface area contributed by atoms with E-state index in [1.807, 2.05) is 35.7 Å². The van der Waals surface area contributed by atoms with Crippen molar-refractivity contribution in [2.24, 2.45) is 0 Å². The first-order valence-electron chi connectivity index (χ1n) is 9.74. The lowest BCUT2D eigenvalue weighted by Gasteiger charge is -2.22. The van der Waals surface area contributed by atoms with Crippen molar-refractivity contribution in [3.05, 3.63) is 58.5 Å². The fraction of sp³-hybridized carbons (Fsp3) is 0.381. The van der Waals surface area contributed by atoms with Crippen molar-refractivity contribution in [2.45, 2.75) is 49.7 Å². The fourth-order valence-corrected chi connectivity index (χ4v) is 5.03. The van der Waals surface area contributed by atoms with Gasteiger partial charge in [-0.1, -0.05) is 55.3 Å². The average molecular weight is 413 g/mol. The number of thioether (sulfide) groups is 1. The molecule has 28 heavy (non-hydrogen) atoms. The van der Waals surface area contributed by atoms with Crippen molar-refractivity contribution in [3.63, 3.8) is 0 Å². The first-order chi connectivity index (χ1) is 13.8. The van der Waals surface area contributed by atoms with Crippen LogP contribution in [0.25, 0.3) is 5.69 Å². The molecule has 0 saturated heterocycles. The molecule has 5 nitrogen and oxygen atoms in total. The van der Waals surface area contributed by atoms with Crippen LogP contribution in [0.2, 0.25) is 0 Å². The largest absolute Gasteiger partial charge is 0.350 e. The molecule has 7 heteroatoms. The predicted octanol–water partition coefficient (Wildman–Crippen LogP) is 4.79. The number of carbonyl (C=O) groups excluding carboxylic acids is 1. The molecule has 0 bridgehead atoms. The van der Waals surface area contributed by atoms with Gasteiger partial charge in [0.25, 0.3) is 0 Å². The van der Waals surface area contributed by atoms with Crippen LogP contribution in [0.5, 0.6) is 0 Å². The number of nitrogens with one attached hydrogen (secondary N) is 1. The number of aromatic nitrogens is 3. The lowest BCUT2D eigenvalue weighted by Crippen LogP contribution is -2.24. The monoisotopic (exact) mass is 412 g/mol. The van der Waals surface area contributed by atoms with Gasteiger partial charge in [-0.3, -0.25) is 9.36 Å². The first kappa shape index (κ1) is 19.2. The minimum Gasteiger partial charge on any atom is -0.350 e. The van der Waals surface area contributed by atoms with E-state index < -0.39 is 0 Å². The quantitative estimate of drug-likeness (QED) is 0.567. The molecular weight excluding hydrogens is 388 g/mol. The zero-order valence-corrected chi connectivity index (χ0v) is 17.3. The number of nitrogens with zero attached hydrogens (tertiary/aromatic N) is 3. The molecule has 2 heterocycles. The van der Waals surface area contributed by atoms with Crippen LogP contribution >= 0.6 is 23.1 Å². The molecule has 0 unspecified atom stereocenters. The molecule has 4 rings (SSSR count). The summed E-state index contributed by atoms with van der Waals surface area (Å²) >= 11 is 3.10. The van der Waals surface area contributed by atoms with Crippen molar-refractivity contribution >= 4 is 29.0 Å². The minimum absolute atomic E-state index is 0.0141. The van der Waals surface area contributed by atoms with E-state index in [-0.39, 0.29) is 5.91 Å². The predicted molar refractivity (Wildman–Crippen MR) is 114 cm³/mol. The van der Waals surface area contributed by atoms with Gasteiger partial charge >= 0.3 is 0 Å². The summed E-state index contributed by atoms with van der Waals surface area (Å²) in [6, 6.07) is 14.3. The minimum atomic E-state index is 0.0141. The molecule has 1 aliphatic rings. The number of rotatable bonds is 7. The summed E-state index contributed by atoms with van der Waals surface area (Å²) in [6.45, 7) is 0.579. The summed E-state index contributed by atoms with van der Waals surface area (Å²) in [5.74, 6) is 1.83. The number of para-hydroxylation sites is 1. The van der Waals surface area contributed by atoms with E-state index >= 15 is 0 Å². The lowest BCUT2D eigenvalue weighted by molar-refractivity contribution is -0.118. The molecule has 0 spiro atoms. The maximum absolute atomic E-state index is 12.3. The Balaban J connectivity index is 1.48. The van der Waals surface area contributed by atoms with Gasteiger partial charge in [-0.2, -0.15) is 0 Å². The molecule has 0 radical (unpaired) electrons. The molecule has 1 aromatic carbocycles. The van der Waals surface area contributed by atoms with Gasteiger partial charge in [0.15, 0.2) is 5.16 Å². The van der Waals surface area contributed by atoms with E-state index in [9.17, 15) is 4.79 Å². The van der Waals surface area contributed by atoms with Gasteiger partial charge < -0.3 is 5.32 Å². The summed E-state index contributed by atoms with van der Waals surface area (Å²) in [5.41, 5.74) is 1.06. The van der Waals surface area contributed by atoms with Gasteiger partial charge in [0.2, 0.25) is 5.91 Å². The normalized spacial score (nSPS) is 14.9. The molecule has 1 saturated carbocycles. The summed E-state index contributed by atoms with van der Waals surface area (Å²) in [6.07, 6.45) is 6.13. The third-order valence-corrected chi connectivity index (χ3v) is 6.82. The Morgan fingerprint density at radius 1 is 1.11 bits per heavy atom. The van der Waals surface area contributed by atoms with Crippen LogP contribution in [0, 0.1) is 0 Å². The Morgan fingerprint density at radius 2 is 1.93 bits per heavy atom. The van der Waals surface area contributed by atoms with E-state index in [1.165, 1.54) is 31.0 Å². The molecule has 146 valence electrons. The zero-order valence-electron chi connectivity index (χ0n) is 15.7. The third-order valence-electron chi connectivity index (χ3n) is 5.02. The van der Waals surface area contributed by atoms with Gasteiger partial charge in [-0.25, -0.2) is 0 Å². The third kappa shape index (κ3) is 4.64. The van der Waals surface area contributed by atoms with Gasteiger partial charge in [0.05, 0.1) is 12.3 Å². The summed E-state index contributed by atoms with van der Waals surface area (Å²) in [4.78, 5) is 13.4. The number of benzene rings is 1. The van der Waals surface area contributed by atoms with Gasteiger partial charge in [-0.15, -0.1) is 21.5 Å². The van der Waals surface area contributed by atoms with Crippen LogP contribution in [0.1, 0.15) is 48.7 Å². The first-order valence-corrected chi connectivity index (χ1v) is 11.6. The molecular formula is C21H24N4OS2. The smallest absolute Gasteiger partial charge is 0.230 e. The topological polar surface area (TPSA) is 59.8 Å². The summed E-state index contributed by atoms with van der Waals surface area (Å²) < 4.78 is 2.15. The van der Waals surface area contributed by atoms with Crippen LogP contribution in [0.15, 0.2) is 53.0 Å². The van der Waals surface area contributed by atoms with Crippen LogP contribution < -0.4 is 5.32 Å². The number of carbonyl (C=O) groups is 1. The Kier molecular flexibility index (Phi) is 6.44. The van der Waals surface area contributed by atoms with Crippen molar-refractivity contribution < 1.29 is 4.79 Å². The fourth-order valence-electron chi connectivity index (χ4n) is 3.60. The summed E-state index contributed by atoms with van der Waals surface area (Å²) in [5, 5.41) is 14.8. The van der Waals surface area contributed by atoms with Crippen molar-refractivity contribution in [3.8, 4) is 5.69 Å². The van der Waals surface area contributed by atoms with E-state index in [4.69, 9.17) is 0 Å². The number of hydrogen-bond acceptors (Lipinski definition) is 5. The van der Waals surface area contributed by atoms with Crippen LogP contribution in [0.4, 0.5) is 0 Å². The van der Waals surface area contributed by atoms with Crippen molar-refractivity contribution in [1.82, 2.24) is 20.1 Å². The SMILES string of the molecule is O=C(CSc1nnc(C2CCCCC2)n1-c1ccccc1)NCc1cccs1. The molecule has 0 atom stereocenters. The highest BCUT2D eigenvalue weighted by Gasteiger charge is 2.24. The van der Waals surface area contributed by atoms with E-state index in [0.29, 0.717) is 18.2 Å². The molecule has 1 N–H and O–H groups in total. The Bertz CT molecular complexity index is 887. The Labute approximate surface area is 173 Å². The number of thiophene rings is 1. The number of amides is 1.